The Labute approximate surface area is 78.4 Å². The number of H-pyrrole nitrogens is 1. The Balaban J connectivity index is 2.72. The molecule has 2 N–H and O–H groups in total. The first-order chi connectivity index (χ1) is 6.36. The van der Waals surface area contributed by atoms with E-state index in [0.717, 1.165) is 19.5 Å². The van der Waals surface area contributed by atoms with Crippen LogP contribution >= 0.6 is 0 Å². The third kappa shape index (κ3) is 1.31. The molecule has 2 rings (SSSR count). The van der Waals surface area contributed by atoms with Gasteiger partial charge in [0, 0.05) is 17.6 Å². The number of aromatic nitrogens is 1. The van der Waals surface area contributed by atoms with Crippen LogP contribution in [0.15, 0.2) is 0 Å². The van der Waals surface area contributed by atoms with E-state index in [1.807, 2.05) is 0 Å². The van der Waals surface area contributed by atoms with E-state index in [9.17, 15) is 0 Å². The van der Waals surface area contributed by atoms with Crippen LogP contribution < -0.4 is 15.9 Å². The SMILES string of the molecule is C/C=c1/c2c([nH]/c1=C/C)CNCC2. The number of aromatic amines is 1. The van der Waals surface area contributed by atoms with Crippen molar-refractivity contribution in [3.63, 3.8) is 0 Å². The molecule has 0 bridgehead atoms. The van der Waals surface area contributed by atoms with Gasteiger partial charge in [-0.05, 0) is 37.6 Å². The van der Waals surface area contributed by atoms with E-state index in [2.05, 4.69) is 36.3 Å². The molecule has 13 heavy (non-hydrogen) atoms. The van der Waals surface area contributed by atoms with Gasteiger partial charge >= 0.3 is 0 Å². The molecule has 2 heterocycles. The molecular formula is C11H16N2. The third-order valence-electron chi connectivity index (χ3n) is 2.70. The van der Waals surface area contributed by atoms with E-state index in [-0.39, 0.29) is 0 Å². The smallest absolute Gasteiger partial charge is 0.0412 e. The first kappa shape index (κ1) is 8.57. The van der Waals surface area contributed by atoms with Crippen LogP contribution in [0.2, 0.25) is 0 Å². The van der Waals surface area contributed by atoms with Crippen LogP contribution in [-0.2, 0) is 13.0 Å². The Kier molecular flexibility index (Phi) is 2.23. The Hall–Kier alpha value is -1.02. The van der Waals surface area contributed by atoms with Gasteiger partial charge in [0.1, 0.15) is 0 Å². The van der Waals surface area contributed by atoms with Crippen LogP contribution in [0, 0.1) is 0 Å². The monoisotopic (exact) mass is 176 g/mol. The Morgan fingerprint density at radius 3 is 2.77 bits per heavy atom. The summed E-state index contributed by atoms with van der Waals surface area (Å²) in [4.78, 5) is 3.45. The molecule has 70 valence electrons. The van der Waals surface area contributed by atoms with Gasteiger partial charge in [0.15, 0.2) is 0 Å². The summed E-state index contributed by atoms with van der Waals surface area (Å²) in [5, 5.41) is 6.05. The third-order valence-corrected chi connectivity index (χ3v) is 2.70. The second kappa shape index (κ2) is 3.38. The zero-order chi connectivity index (χ0) is 9.26. The van der Waals surface area contributed by atoms with E-state index in [0.29, 0.717) is 0 Å². The average molecular weight is 176 g/mol. The lowest BCUT2D eigenvalue weighted by molar-refractivity contribution is 0.633. The van der Waals surface area contributed by atoms with Crippen molar-refractivity contribution in [3.8, 4) is 0 Å². The number of rotatable bonds is 0. The van der Waals surface area contributed by atoms with E-state index in [1.165, 1.54) is 21.8 Å². The molecule has 0 saturated carbocycles. The van der Waals surface area contributed by atoms with Gasteiger partial charge in [0.2, 0.25) is 0 Å². The summed E-state index contributed by atoms with van der Waals surface area (Å²) in [7, 11) is 0. The van der Waals surface area contributed by atoms with E-state index < -0.39 is 0 Å². The van der Waals surface area contributed by atoms with Crippen LogP contribution in [0.4, 0.5) is 0 Å². The van der Waals surface area contributed by atoms with Crippen molar-refractivity contribution in [2.24, 2.45) is 0 Å². The maximum Gasteiger partial charge on any atom is 0.0412 e. The molecule has 1 aromatic heterocycles. The van der Waals surface area contributed by atoms with Crippen LogP contribution in [0.5, 0.6) is 0 Å². The van der Waals surface area contributed by atoms with Gasteiger partial charge in [0.25, 0.3) is 0 Å². The number of fused-ring (bicyclic) bond motifs is 1. The second-order valence-corrected chi connectivity index (χ2v) is 3.41. The highest BCUT2D eigenvalue weighted by atomic mass is 14.9. The Morgan fingerprint density at radius 1 is 1.23 bits per heavy atom. The van der Waals surface area contributed by atoms with E-state index in [4.69, 9.17) is 0 Å². The standard InChI is InChI=1S/C11H16N2/c1-3-8-9-5-6-12-7-11(9)13-10(8)4-2/h3-4,12-13H,5-7H2,1-2H3/b8-3-,10-4+. The first-order valence-electron chi connectivity index (χ1n) is 4.90. The summed E-state index contributed by atoms with van der Waals surface area (Å²) in [6.45, 7) is 6.29. The van der Waals surface area contributed by atoms with Gasteiger partial charge in [-0.25, -0.2) is 0 Å². The normalized spacial score (nSPS) is 19.2. The molecule has 1 aliphatic heterocycles. The fourth-order valence-electron chi connectivity index (χ4n) is 2.05. The number of hydrogen-bond donors (Lipinski definition) is 2. The van der Waals surface area contributed by atoms with Crippen LogP contribution in [0.25, 0.3) is 12.2 Å². The quantitative estimate of drug-likeness (QED) is 0.583. The lowest BCUT2D eigenvalue weighted by Crippen LogP contribution is -2.28. The van der Waals surface area contributed by atoms with Gasteiger partial charge in [-0.15, -0.1) is 0 Å². The molecule has 0 atom stereocenters. The molecule has 0 radical (unpaired) electrons. The maximum absolute atomic E-state index is 3.45. The molecule has 2 heteroatoms. The molecule has 0 spiro atoms. The van der Waals surface area contributed by atoms with E-state index >= 15 is 0 Å². The summed E-state index contributed by atoms with van der Waals surface area (Å²) in [5.41, 5.74) is 2.88. The minimum absolute atomic E-state index is 0.990. The first-order valence-corrected chi connectivity index (χ1v) is 4.90. The van der Waals surface area contributed by atoms with Crippen molar-refractivity contribution in [2.75, 3.05) is 6.54 Å². The fraction of sp³-hybridized carbons (Fsp3) is 0.455. The molecule has 1 aliphatic rings. The zero-order valence-electron chi connectivity index (χ0n) is 8.28. The molecule has 0 unspecified atom stereocenters. The van der Waals surface area contributed by atoms with Gasteiger partial charge in [-0.2, -0.15) is 0 Å². The average Bonchev–Trinajstić information content (AvgIpc) is 2.55. The van der Waals surface area contributed by atoms with Crippen molar-refractivity contribution >= 4 is 12.2 Å². The summed E-state index contributed by atoms with van der Waals surface area (Å²) >= 11 is 0. The molecule has 2 nitrogen and oxygen atoms in total. The lowest BCUT2D eigenvalue weighted by Gasteiger charge is -2.11. The van der Waals surface area contributed by atoms with Gasteiger partial charge in [-0.3, -0.25) is 0 Å². The highest BCUT2D eigenvalue weighted by molar-refractivity contribution is 5.36. The fourth-order valence-corrected chi connectivity index (χ4v) is 2.05. The molecule has 1 aromatic rings. The summed E-state index contributed by atoms with van der Waals surface area (Å²) in [5.74, 6) is 0. The van der Waals surface area contributed by atoms with Crippen molar-refractivity contribution in [1.29, 1.82) is 0 Å². The highest BCUT2D eigenvalue weighted by Crippen LogP contribution is 2.03. The van der Waals surface area contributed by atoms with Crippen molar-refractivity contribution < 1.29 is 0 Å². The number of hydrogen-bond acceptors (Lipinski definition) is 1. The topological polar surface area (TPSA) is 27.8 Å². The molecule has 0 aliphatic carbocycles. The minimum Gasteiger partial charge on any atom is -0.357 e. The Morgan fingerprint density at radius 2 is 2.08 bits per heavy atom. The number of nitrogens with one attached hydrogen (secondary N) is 2. The predicted molar refractivity (Wildman–Crippen MR) is 55.7 cm³/mol. The minimum atomic E-state index is 0.990. The van der Waals surface area contributed by atoms with Crippen LogP contribution in [0.3, 0.4) is 0 Å². The van der Waals surface area contributed by atoms with Gasteiger partial charge in [-0.1, -0.05) is 12.2 Å². The Bertz CT molecular complexity index is 412. The molecule has 0 amide bonds. The second-order valence-electron chi connectivity index (χ2n) is 3.41. The maximum atomic E-state index is 3.45. The zero-order valence-corrected chi connectivity index (χ0v) is 8.28. The van der Waals surface area contributed by atoms with Crippen molar-refractivity contribution in [2.45, 2.75) is 26.8 Å². The van der Waals surface area contributed by atoms with E-state index in [1.54, 1.807) is 0 Å². The highest BCUT2D eigenvalue weighted by Gasteiger charge is 2.11. The van der Waals surface area contributed by atoms with Gasteiger partial charge in [0.05, 0.1) is 0 Å². The predicted octanol–water partition coefficient (Wildman–Crippen LogP) is 0.261. The molecule has 0 fully saturated rings. The molecule has 0 aromatic carbocycles. The summed E-state index contributed by atoms with van der Waals surface area (Å²) < 4.78 is 0. The van der Waals surface area contributed by atoms with Crippen LogP contribution in [0.1, 0.15) is 25.1 Å². The largest absolute Gasteiger partial charge is 0.357 e. The molecule has 0 saturated heterocycles. The summed E-state index contributed by atoms with van der Waals surface area (Å²) in [6, 6.07) is 0. The summed E-state index contributed by atoms with van der Waals surface area (Å²) in [6.07, 6.45) is 5.50. The van der Waals surface area contributed by atoms with Crippen LogP contribution in [-0.4, -0.2) is 11.5 Å². The van der Waals surface area contributed by atoms with Crippen molar-refractivity contribution in [1.82, 2.24) is 10.3 Å². The lowest BCUT2D eigenvalue weighted by atomic mass is 10.1. The molecular weight excluding hydrogens is 160 g/mol. The van der Waals surface area contributed by atoms with Gasteiger partial charge < -0.3 is 10.3 Å². The van der Waals surface area contributed by atoms with Crippen molar-refractivity contribution in [3.05, 3.63) is 21.8 Å².